The lowest BCUT2D eigenvalue weighted by Crippen LogP contribution is -2.33. The predicted octanol–water partition coefficient (Wildman–Crippen LogP) is 3.62. The van der Waals surface area contributed by atoms with Gasteiger partial charge in [0.25, 0.3) is 5.91 Å². The summed E-state index contributed by atoms with van der Waals surface area (Å²) < 4.78 is 18.0. The fraction of sp³-hybridized carbons (Fsp3) is 0.375. The van der Waals surface area contributed by atoms with E-state index in [9.17, 15) is 9.18 Å². The molecule has 0 aliphatic heterocycles. The van der Waals surface area contributed by atoms with Crippen LogP contribution in [0.4, 0.5) is 9.52 Å². The van der Waals surface area contributed by atoms with Crippen LogP contribution in [0.25, 0.3) is 10.2 Å². The molecule has 2 aromatic heterocycles. The van der Waals surface area contributed by atoms with E-state index in [1.54, 1.807) is 17.9 Å². The van der Waals surface area contributed by atoms with Crippen molar-refractivity contribution in [2.24, 2.45) is 0 Å². The van der Waals surface area contributed by atoms with Gasteiger partial charge >= 0.3 is 0 Å². The third-order valence-corrected chi connectivity index (χ3v) is 5.51. The highest BCUT2D eigenvalue weighted by Gasteiger charge is 2.24. The van der Waals surface area contributed by atoms with Crippen LogP contribution < -0.4 is 4.90 Å². The summed E-state index contributed by atoms with van der Waals surface area (Å²) >= 11 is 2.40. The van der Waals surface area contributed by atoms with Crippen molar-refractivity contribution in [1.82, 2.24) is 19.5 Å². The molecule has 0 saturated carbocycles. The lowest BCUT2D eigenvalue weighted by Gasteiger charge is -2.20. The number of benzene rings is 1. The number of halogens is 2. The number of thiazole rings is 1. The van der Waals surface area contributed by atoms with Gasteiger partial charge in [0, 0.05) is 6.54 Å². The lowest BCUT2D eigenvalue weighted by molar-refractivity contribution is 0.0989. The summed E-state index contributed by atoms with van der Waals surface area (Å²) in [6.07, 6.45) is 0.800. The molecule has 1 aromatic carbocycles. The molecule has 0 unspecified atom stereocenters. The number of anilines is 1. The van der Waals surface area contributed by atoms with Crippen molar-refractivity contribution in [2.75, 3.05) is 32.1 Å². The Morgan fingerprint density at radius 3 is 2.69 bits per heavy atom. The van der Waals surface area contributed by atoms with E-state index in [1.807, 2.05) is 14.1 Å². The fourth-order valence-electron chi connectivity index (χ4n) is 2.38. The van der Waals surface area contributed by atoms with Gasteiger partial charge in [-0.05, 0) is 63.7 Å². The minimum Gasteiger partial charge on any atom is -0.309 e. The zero-order valence-corrected chi connectivity index (χ0v) is 17.0. The molecule has 2 heterocycles. The van der Waals surface area contributed by atoms with Gasteiger partial charge in [-0.3, -0.25) is 9.69 Å². The molecule has 26 heavy (non-hydrogen) atoms. The molecule has 0 aliphatic carbocycles. The van der Waals surface area contributed by atoms with E-state index in [0.29, 0.717) is 27.8 Å². The van der Waals surface area contributed by atoms with Crippen LogP contribution in [0.2, 0.25) is 0 Å². The summed E-state index contributed by atoms with van der Waals surface area (Å²) in [4.78, 5) is 21.7. The number of aromatic nitrogens is 3. The number of hydrogen-bond donors (Lipinski definition) is 0. The average Bonchev–Trinajstić information content (AvgIpc) is 3.16. The molecule has 0 fully saturated rings. The number of nitrogens with zero attached hydrogens (tertiary/aromatic N) is 5. The molecule has 0 N–H and O–H groups in total. The first-order chi connectivity index (χ1) is 12.0. The quantitative estimate of drug-likeness (QED) is 0.615. The zero-order chi connectivity index (χ0) is 18.0. The van der Waals surface area contributed by atoms with Crippen LogP contribution in [0, 0.1) is 12.7 Å². The van der Waals surface area contributed by atoms with Crippen LogP contribution in [0.3, 0.4) is 0 Å². The molecule has 0 aliphatic rings. The third-order valence-electron chi connectivity index (χ3n) is 3.65. The maximum atomic E-state index is 13.5. The topological polar surface area (TPSA) is 62.2 Å². The first-order valence-electron chi connectivity index (χ1n) is 7.77. The highest BCUT2D eigenvalue weighted by atomic mass is 35.5. The number of aryl methyl sites for hydroxylation is 1. The van der Waals surface area contributed by atoms with E-state index in [4.69, 9.17) is 0 Å². The molecule has 0 saturated heterocycles. The van der Waals surface area contributed by atoms with Crippen molar-refractivity contribution in [3.63, 3.8) is 0 Å². The summed E-state index contributed by atoms with van der Waals surface area (Å²) in [6, 6.07) is 4.45. The smallest absolute Gasteiger partial charge is 0.273 e. The summed E-state index contributed by atoms with van der Waals surface area (Å²) in [7, 11) is 3.98. The molecular weight excluding hydrogens is 397 g/mol. The number of amides is 1. The molecular formula is C16H19ClFN5OS2. The van der Waals surface area contributed by atoms with Crippen LogP contribution >= 0.6 is 35.3 Å². The molecule has 3 aromatic rings. The number of rotatable bonds is 6. The van der Waals surface area contributed by atoms with E-state index < -0.39 is 0 Å². The summed E-state index contributed by atoms with van der Waals surface area (Å²) in [5.74, 6) is -0.471. The number of carbonyl (C=O) groups is 1. The normalized spacial score (nSPS) is 11.0. The Hall–Kier alpha value is -1.68. The summed E-state index contributed by atoms with van der Waals surface area (Å²) in [5.41, 5.74) is 1.30. The number of fused-ring (bicyclic) bond motifs is 1. The maximum absolute atomic E-state index is 13.5. The van der Waals surface area contributed by atoms with Gasteiger partial charge in [0.05, 0.1) is 15.9 Å². The standard InChI is InChI=1S/C16H18FN5OS2.ClH/c1-10-14(25-20-19-10)15(23)22(8-4-7-21(2)3)16-18-12-6-5-11(17)9-13(12)24-16;/h5-6,9H,4,7-8H2,1-3H3;1H. The lowest BCUT2D eigenvalue weighted by atomic mass is 10.3. The number of carbonyl (C=O) groups excluding carboxylic acids is 1. The van der Waals surface area contributed by atoms with Gasteiger partial charge in [-0.15, -0.1) is 17.5 Å². The van der Waals surface area contributed by atoms with Crippen LogP contribution in [0.1, 0.15) is 21.8 Å². The van der Waals surface area contributed by atoms with Gasteiger partial charge in [-0.1, -0.05) is 15.8 Å². The average molecular weight is 416 g/mol. The molecule has 6 nitrogen and oxygen atoms in total. The molecule has 10 heteroatoms. The van der Waals surface area contributed by atoms with Crippen molar-refractivity contribution in [3.05, 3.63) is 34.6 Å². The molecule has 0 bridgehead atoms. The largest absolute Gasteiger partial charge is 0.309 e. The minimum atomic E-state index is -0.310. The van der Waals surface area contributed by atoms with E-state index >= 15 is 0 Å². The highest BCUT2D eigenvalue weighted by molar-refractivity contribution is 7.22. The van der Waals surface area contributed by atoms with Crippen LogP contribution in [0.15, 0.2) is 18.2 Å². The van der Waals surface area contributed by atoms with E-state index in [-0.39, 0.29) is 24.1 Å². The minimum absolute atomic E-state index is 0. The summed E-state index contributed by atoms with van der Waals surface area (Å²) in [5, 5.41) is 4.49. The van der Waals surface area contributed by atoms with Gasteiger partial charge in [-0.2, -0.15) is 0 Å². The van der Waals surface area contributed by atoms with Crippen molar-refractivity contribution >= 4 is 56.5 Å². The Kier molecular flexibility index (Phi) is 6.99. The highest BCUT2D eigenvalue weighted by Crippen LogP contribution is 2.31. The molecule has 0 radical (unpaired) electrons. The first-order valence-corrected chi connectivity index (χ1v) is 9.36. The third kappa shape index (κ3) is 4.53. The van der Waals surface area contributed by atoms with Crippen LogP contribution in [0.5, 0.6) is 0 Å². The van der Waals surface area contributed by atoms with Gasteiger partial charge in [0.15, 0.2) is 5.13 Å². The first kappa shape index (κ1) is 20.6. The molecule has 3 rings (SSSR count). The Bertz CT molecular complexity index is 898. The van der Waals surface area contributed by atoms with E-state index in [1.165, 1.54) is 23.5 Å². The van der Waals surface area contributed by atoms with Gasteiger partial charge in [0.1, 0.15) is 10.7 Å². The molecule has 0 atom stereocenters. The van der Waals surface area contributed by atoms with Gasteiger partial charge in [-0.25, -0.2) is 9.37 Å². The Morgan fingerprint density at radius 2 is 2.04 bits per heavy atom. The Balaban J connectivity index is 0.00000243. The second-order valence-corrected chi connectivity index (χ2v) is 7.67. The predicted molar refractivity (Wildman–Crippen MR) is 106 cm³/mol. The second kappa shape index (κ2) is 8.81. The molecule has 1 amide bonds. The van der Waals surface area contributed by atoms with E-state index in [2.05, 4.69) is 19.5 Å². The fourth-order valence-corrected chi connectivity index (χ4v) is 4.00. The van der Waals surface area contributed by atoms with Gasteiger partial charge in [0.2, 0.25) is 0 Å². The maximum Gasteiger partial charge on any atom is 0.273 e. The molecule has 140 valence electrons. The van der Waals surface area contributed by atoms with E-state index in [0.717, 1.165) is 29.2 Å². The monoisotopic (exact) mass is 415 g/mol. The number of hydrogen-bond acceptors (Lipinski definition) is 7. The zero-order valence-electron chi connectivity index (χ0n) is 14.6. The SMILES string of the molecule is Cc1nnsc1C(=O)N(CCCN(C)C)c1nc2ccc(F)cc2s1.Cl. The van der Waals surface area contributed by atoms with Crippen LogP contribution in [-0.2, 0) is 0 Å². The Morgan fingerprint density at radius 1 is 1.27 bits per heavy atom. The second-order valence-electron chi connectivity index (χ2n) is 5.91. The van der Waals surface area contributed by atoms with Crippen LogP contribution in [-0.4, -0.2) is 52.6 Å². The van der Waals surface area contributed by atoms with Gasteiger partial charge < -0.3 is 4.90 Å². The summed E-state index contributed by atoms with van der Waals surface area (Å²) in [6.45, 7) is 3.14. The van der Waals surface area contributed by atoms with Crippen molar-refractivity contribution in [1.29, 1.82) is 0 Å². The van der Waals surface area contributed by atoms with Crippen molar-refractivity contribution in [2.45, 2.75) is 13.3 Å². The molecule has 0 spiro atoms. The van der Waals surface area contributed by atoms with Crippen molar-refractivity contribution < 1.29 is 9.18 Å². The van der Waals surface area contributed by atoms with Crippen molar-refractivity contribution in [3.8, 4) is 0 Å². The Labute approximate surface area is 165 Å².